The topological polar surface area (TPSA) is 94.5 Å². The molecule has 0 bridgehead atoms. The molecule has 0 aromatic heterocycles. The van der Waals surface area contributed by atoms with Crippen LogP contribution in [-0.2, 0) is 19.1 Å². The molecule has 8 nitrogen and oxygen atoms in total. The highest BCUT2D eigenvalue weighted by molar-refractivity contribution is 6.82. The molecule has 0 N–H and O–H groups in total. The minimum atomic E-state index is -1.27. The van der Waals surface area contributed by atoms with Crippen LogP contribution >= 0.6 is 11.6 Å². The number of carbonyl (C=O) groups excluding carboxylic acids is 3. The van der Waals surface area contributed by atoms with Crippen LogP contribution in [0.3, 0.4) is 0 Å². The molecule has 1 amide bonds. The number of carbonyl (C=O) groups is 3. The molecule has 0 unspecified atom stereocenters. The second-order valence-electron chi connectivity index (χ2n) is 4.88. The van der Waals surface area contributed by atoms with Crippen LogP contribution in [0.1, 0.15) is 21.5 Å². The van der Waals surface area contributed by atoms with Gasteiger partial charge in [-0.3, -0.25) is 9.63 Å². The first-order chi connectivity index (χ1) is 11.2. The summed E-state index contributed by atoms with van der Waals surface area (Å²) in [6.07, 6.45) is -1.27. The summed E-state index contributed by atoms with van der Waals surface area (Å²) in [4.78, 5) is 40.0. The van der Waals surface area contributed by atoms with Crippen molar-refractivity contribution in [3.63, 3.8) is 0 Å². The highest BCUT2D eigenvalue weighted by Crippen LogP contribution is 2.14. The number of ether oxygens (including phenoxy) is 2. The number of rotatable bonds is 5. The molecule has 0 heterocycles. The molecule has 0 aliphatic rings. The van der Waals surface area contributed by atoms with Gasteiger partial charge in [0.25, 0.3) is 5.91 Å². The number of nitrogens with zero attached hydrogens (tertiary/aromatic N) is 2. The predicted octanol–water partition coefficient (Wildman–Crippen LogP) is 2.21. The molecule has 1 rings (SSSR count). The van der Waals surface area contributed by atoms with Crippen molar-refractivity contribution >= 4 is 34.8 Å². The molecule has 0 spiro atoms. The van der Waals surface area contributed by atoms with E-state index < -0.39 is 30.0 Å². The number of amides is 1. The summed E-state index contributed by atoms with van der Waals surface area (Å²) in [6, 6.07) is 5.33. The maximum Gasteiger partial charge on any atom is 0.538 e. The predicted molar refractivity (Wildman–Crippen MR) is 85.7 cm³/mol. The molecule has 0 saturated carbocycles. The van der Waals surface area contributed by atoms with Crippen molar-refractivity contribution in [1.29, 1.82) is 0 Å². The van der Waals surface area contributed by atoms with E-state index in [1.165, 1.54) is 14.1 Å². The van der Waals surface area contributed by atoms with Crippen LogP contribution < -0.4 is 0 Å². The molecule has 130 valence electrons. The molecular formula is C15H17ClN2O6. The molecule has 0 aliphatic heterocycles. The maximum absolute atomic E-state index is 11.9. The van der Waals surface area contributed by atoms with Crippen LogP contribution in [-0.4, -0.2) is 49.0 Å². The quantitative estimate of drug-likeness (QED) is 0.264. The van der Waals surface area contributed by atoms with Crippen molar-refractivity contribution in [2.24, 2.45) is 5.16 Å². The number of halogens is 1. The van der Waals surface area contributed by atoms with Gasteiger partial charge in [0.2, 0.25) is 12.0 Å². The smallest absolute Gasteiger partial charge is 0.424 e. The van der Waals surface area contributed by atoms with Gasteiger partial charge in [-0.05, 0) is 25.0 Å². The summed E-state index contributed by atoms with van der Waals surface area (Å²) >= 11 is 5.51. The SMILES string of the molecule is Cc1cccc(C)c1C(=O)OCOC(=O)O/N=C(\Cl)C(=O)N(C)C. The van der Waals surface area contributed by atoms with Gasteiger partial charge < -0.3 is 14.4 Å². The normalized spacial score (nSPS) is 10.8. The highest BCUT2D eigenvalue weighted by atomic mass is 35.5. The summed E-state index contributed by atoms with van der Waals surface area (Å²) in [5.41, 5.74) is 1.87. The van der Waals surface area contributed by atoms with E-state index in [2.05, 4.69) is 14.7 Å². The first-order valence-electron chi connectivity index (χ1n) is 6.76. The van der Waals surface area contributed by atoms with Crippen LogP contribution in [0.5, 0.6) is 0 Å². The van der Waals surface area contributed by atoms with Gasteiger partial charge in [-0.15, -0.1) is 0 Å². The van der Waals surface area contributed by atoms with Gasteiger partial charge >= 0.3 is 12.1 Å². The van der Waals surface area contributed by atoms with Gasteiger partial charge in [0.05, 0.1) is 5.56 Å². The van der Waals surface area contributed by atoms with Crippen LogP contribution in [0.2, 0.25) is 0 Å². The van der Waals surface area contributed by atoms with E-state index in [-0.39, 0.29) is 0 Å². The van der Waals surface area contributed by atoms with E-state index in [1.54, 1.807) is 26.0 Å². The number of benzene rings is 1. The van der Waals surface area contributed by atoms with Crippen LogP contribution in [0.15, 0.2) is 23.4 Å². The summed E-state index contributed by atoms with van der Waals surface area (Å²) < 4.78 is 9.34. The van der Waals surface area contributed by atoms with Crippen molar-refractivity contribution in [2.75, 3.05) is 20.9 Å². The Morgan fingerprint density at radius 2 is 1.71 bits per heavy atom. The van der Waals surface area contributed by atoms with Gasteiger partial charge in [-0.2, -0.15) is 0 Å². The molecule has 1 aromatic rings. The molecule has 9 heteroatoms. The van der Waals surface area contributed by atoms with E-state index in [0.29, 0.717) is 5.56 Å². The minimum absolute atomic E-state index is 0.395. The third-order valence-corrected chi connectivity index (χ3v) is 3.07. The van der Waals surface area contributed by atoms with Crippen molar-refractivity contribution in [2.45, 2.75) is 13.8 Å². The molecule has 0 saturated heterocycles. The van der Waals surface area contributed by atoms with E-state index in [4.69, 9.17) is 16.3 Å². The monoisotopic (exact) mass is 356 g/mol. The average molecular weight is 357 g/mol. The Hall–Kier alpha value is -2.61. The third-order valence-electron chi connectivity index (χ3n) is 2.84. The summed E-state index contributed by atoms with van der Waals surface area (Å²) in [6.45, 7) is 2.86. The Bertz CT molecular complexity index is 652. The lowest BCUT2D eigenvalue weighted by Gasteiger charge is -2.09. The summed E-state index contributed by atoms with van der Waals surface area (Å²) in [5, 5.41) is 2.55. The Kier molecular flexibility index (Phi) is 7.19. The Morgan fingerprint density at radius 1 is 1.12 bits per heavy atom. The van der Waals surface area contributed by atoms with Gasteiger partial charge in [-0.25, -0.2) is 9.59 Å². The Morgan fingerprint density at radius 3 is 2.25 bits per heavy atom. The zero-order valence-electron chi connectivity index (χ0n) is 13.7. The fourth-order valence-electron chi connectivity index (χ4n) is 1.67. The van der Waals surface area contributed by atoms with Crippen molar-refractivity contribution < 1.29 is 28.7 Å². The zero-order chi connectivity index (χ0) is 18.3. The molecular weight excluding hydrogens is 340 g/mol. The average Bonchev–Trinajstić information content (AvgIpc) is 2.51. The molecule has 0 atom stereocenters. The lowest BCUT2D eigenvalue weighted by atomic mass is 10.0. The van der Waals surface area contributed by atoms with Gasteiger partial charge in [0.1, 0.15) is 0 Å². The van der Waals surface area contributed by atoms with Gasteiger partial charge in [-0.1, -0.05) is 35.0 Å². The summed E-state index contributed by atoms with van der Waals surface area (Å²) in [7, 11) is 2.90. The van der Waals surface area contributed by atoms with Gasteiger partial charge in [0.15, 0.2) is 0 Å². The molecule has 0 fully saturated rings. The molecule has 0 aliphatic carbocycles. The highest BCUT2D eigenvalue weighted by Gasteiger charge is 2.16. The number of hydrogen-bond acceptors (Lipinski definition) is 7. The number of aryl methyl sites for hydroxylation is 2. The van der Waals surface area contributed by atoms with E-state index in [0.717, 1.165) is 16.0 Å². The van der Waals surface area contributed by atoms with Crippen LogP contribution in [0, 0.1) is 13.8 Å². The number of oxime groups is 1. The van der Waals surface area contributed by atoms with E-state index in [9.17, 15) is 14.4 Å². The van der Waals surface area contributed by atoms with Crippen molar-refractivity contribution in [1.82, 2.24) is 4.90 Å². The first kappa shape index (κ1) is 19.4. The second kappa shape index (κ2) is 8.88. The Labute approximate surface area is 143 Å². The fraction of sp³-hybridized carbons (Fsp3) is 0.333. The van der Waals surface area contributed by atoms with Crippen molar-refractivity contribution in [3.05, 3.63) is 34.9 Å². The molecule has 24 heavy (non-hydrogen) atoms. The first-order valence-corrected chi connectivity index (χ1v) is 7.14. The van der Waals surface area contributed by atoms with Crippen LogP contribution in [0.25, 0.3) is 0 Å². The summed E-state index contributed by atoms with van der Waals surface area (Å²) in [5.74, 6) is -1.28. The van der Waals surface area contributed by atoms with E-state index >= 15 is 0 Å². The minimum Gasteiger partial charge on any atom is -0.424 e. The van der Waals surface area contributed by atoms with Crippen molar-refractivity contribution in [3.8, 4) is 0 Å². The lowest BCUT2D eigenvalue weighted by Crippen LogP contribution is -2.27. The number of esters is 1. The molecule has 1 aromatic carbocycles. The van der Waals surface area contributed by atoms with Crippen LogP contribution in [0.4, 0.5) is 4.79 Å². The van der Waals surface area contributed by atoms with Gasteiger partial charge in [0, 0.05) is 14.1 Å². The Balaban J connectivity index is 2.47. The van der Waals surface area contributed by atoms with E-state index in [1.807, 2.05) is 6.07 Å². The zero-order valence-corrected chi connectivity index (χ0v) is 14.4. The standard InChI is InChI=1S/C15H17ClN2O6/c1-9-6-5-7-10(2)11(9)14(20)22-8-23-15(21)24-17-12(16)13(19)18(3)4/h5-7H,8H2,1-4H3/b17-12-. The number of hydrogen-bond donors (Lipinski definition) is 0. The fourth-order valence-corrected chi connectivity index (χ4v) is 1.87. The molecule has 0 radical (unpaired) electrons. The maximum atomic E-state index is 11.9. The second-order valence-corrected chi connectivity index (χ2v) is 5.24. The third kappa shape index (κ3) is 5.54. The largest absolute Gasteiger partial charge is 0.538 e. The lowest BCUT2D eigenvalue weighted by molar-refractivity contribution is -0.121.